The molecule has 2 N–H and O–H groups in total. The Morgan fingerprint density at radius 1 is 1.50 bits per heavy atom. The van der Waals surface area contributed by atoms with Gasteiger partial charge in [0.05, 0.1) is 5.39 Å². The largest absolute Gasteiger partial charge is 0.329 e. The molecule has 0 unspecified atom stereocenters. The summed E-state index contributed by atoms with van der Waals surface area (Å²) in [6, 6.07) is 2.40. The van der Waals surface area contributed by atoms with E-state index in [2.05, 4.69) is 15.3 Å². The van der Waals surface area contributed by atoms with Gasteiger partial charge in [0.25, 0.3) is 5.56 Å². The van der Waals surface area contributed by atoms with Crippen LogP contribution in [0.15, 0.2) is 21.9 Å². The first kappa shape index (κ1) is 11.2. The van der Waals surface area contributed by atoms with Crippen LogP contribution in [0.5, 0.6) is 0 Å². The Morgan fingerprint density at radius 3 is 3.00 bits per heavy atom. The Morgan fingerprint density at radius 2 is 2.28 bits per heavy atom. The third-order valence-electron chi connectivity index (χ3n) is 3.18. The van der Waals surface area contributed by atoms with E-state index in [4.69, 9.17) is 0 Å². The molecule has 94 valence electrons. The zero-order valence-electron chi connectivity index (χ0n) is 10.1. The van der Waals surface area contributed by atoms with Crippen LogP contribution in [0.4, 0.5) is 0 Å². The molecule has 3 rings (SSSR count). The summed E-state index contributed by atoms with van der Waals surface area (Å²) in [7, 11) is 1.59. The minimum absolute atomic E-state index is 0.381. The molecule has 2 aromatic rings. The number of aryl methyl sites for hydroxylation is 1. The Labute approximate surface area is 103 Å². The van der Waals surface area contributed by atoms with Crippen molar-refractivity contribution >= 4 is 11.0 Å². The number of hydrogen-bond acceptors (Lipinski definition) is 4. The molecule has 0 bridgehead atoms. The lowest BCUT2D eigenvalue weighted by Crippen LogP contribution is -2.29. The summed E-state index contributed by atoms with van der Waals surface area (Å²) >= 11 is 0. The smallest absolute Gasteiger partial charge is 0.310 e. The van der Waals surface area contributed by atoms with E-state index in [1.807, 2.05) is 0 Å². The molecule has 1 saturated carbocycles. The van der Waals surface area contributed by atoms with Crippen molar-refractivity contribution in [1.29, 1.82) is 0 Å². The molecule has 0 spiro atoms. The van der Waals surface area contributed by atoms with Crippen LogP contribution in [0.25, 0.3) is 11.0 Å². The van der Waals surface area contributed by atoms with Crippen LogP contribution < -0.4 is 16.6 Å². The highest BCUT2D eigenvalue weighted by molar-refractivity contribution is 5.74. The number of rotatable bonds is 3. The van der Waals surface area contributed by atoms with Crippen molar-refractivity contribution in [3.05, 3.63) is 38.7 Å². The highest BCUT2D eigenvalue weighted by Gasteiger charge is 2.20. The van der Waals surface area contributed by atoms with Crippen LogP contribution >= 0.6 is 0 Å². The molecular formula is C12H14N4O2. The van der Waals surface area contributed by atoms with Crippen molar-refractivity contribution in [1.82, 2.24) is 19.9 Å². The third kappa shape index (κ3) is 1.95. The second kappa shape index (κ2) is 4.06. The van der Waals surface area contributed by atoms with Crippen LogP contribution in [0.3, 0.4) is 0 Å². The van der Waals surface area contributed by atoms with E-state index in [9.17, 15) is 9.59 Å². The van der Waals surface area contributed by atoms with Gasteiger partial charge in [-0.05, 0) is 24.5 Å². The zero-order chi connectivity index (χ0) is 12.7. The van der Waals surface area contributed by atoms with Crippen LogP contribution in [-0.4, -0.2) is 20.6 Å². The number of hydrogen-bond donors (Lipinski definition) is 2. The fraction of sp³-hybridized carbons (Fsp3) is 0.417. The molecule has 18 heavy (non-hydrogen) atoms. The van der Waals surface area contributed by atoms with Crippen LogP contribution in [0.1, 0.15) is 18.4 Å². The summed E-state index contributed by atoms with van der Waals surface area (Å²) < 4.78 is 1.34. The Balaban J connectivity index is 2.05. The van der Waals surface area contributed by atoms with Crippen LogP contribution in [0.2, 0.25) is 0 Å². The molecule has 1 aliphatic rings. The lowest BCUT2D eigenvalue weighted by molar-refractivity contribution is 0.686. The fourth-order valence-corrected chi connectivity index (χ4v) is 1.93. The number of aromatic amines is 1. The van der Waals surface area contributed by atoms with Gasteiger partial charge in [-0.3, -0.25) is 14.3 Å². The number of aromatic nitrogens is 3. The van der Waals surface area contributed by atoms with Gasteiger partial charge in [0.15, 0.2) is 0 Å². The maximum absolute atomic E-state index is 11.7. The molecule has 0 atom stereocenters. The number of pyridine rings is 1. The number of nitrogens with zero attached hydrogens (tertiary/aromatic N) is 2. The quantitative estimate of drug-likeness (QED) is 0.791. The monoisotopic (exact) mass is 246 g/mol. The molecule has 6 nitrogen and oxygen atoms in total. The lowest BCUT2D eigenvalue weighted by Gasteiger charge is -2.06. The van der Waals surface area contributed by atoms with Gasteiger partial charge < -0.3 is 5.32 Å². The van der Waals surface area contributed by atoms with Crippen molar-refractivity contribution in [2.24, 2.45) is 7.05 Å². The molecule has 0 aliphatic heterocycles. The topological polar surface area (TPSA) is 79.8 Å². The van der Waals surface area contributed by atoms with E-state index < -0.39 is 5.69 Å². The van der Waals surface area contributed by atoms with Gasteiger partial charge in [0.2, 0.25) is 0 Å². The predicted molar refractivity (Wildman–Crippen MR) is 67.5 cm³/mol. The summed E-state index contributed by atoms with van der Waals surface area (Å²) in [6.45, 7) is 0.704. The maximum atomic E-state index is 11.7. The first-order chi connectivity index (χ1) is 8.65. The van der Waals surface area contributed by atoms with Crippen LogP contribution in [0, 0.1) is 0 Å². The van der Waals surface area contributed by atoms with Crippen LogP contribution in [-0.2, 0) is 13.6 Å². The Kier molecular flexibility index (Phi) is 2.52. The van der Waals surface area contributed by atoms with Crippen molar-refractivity contribution in [2.75, 3.05) is 0 Å². The minimum atomic E-state index is -0.441. The first-order valence-corrected chi connectivity index (χ1v) is 5.96. The van der Waals surface area contributed by atoms with Gasteiger partial charge >= 0.3 is 5.69 Å². The summed E-state index contributed by atoms with van der Waals surface area (Å²) in [5.41, 5.74) is 0.551. The summed E-state index contributed by atoms with van der Waals surface area (Å²) in [5.74, 6) is 0. The van der Waals surface area contributed by atoms with Gasteiger partial charge in [-0.1, -0.05) is 0 Å². The van der Waals surface area contributed by atoms with Gasteiger partial charge in [0, 0.05) is 25.8 Å². The molecule has 2 heterocycles. The number of H-pyrrole nitrogens is 1. The minimum Gasteiger partial charge on any atom is -0.310 e. The molecule has 0 aromatic carbocycles. The van der Waals surface area contributed by atoms with E-state index in [0.29, 0.717) is 23.6 Å². The molecule has 0 saturated heterocycles. The van der Waals surface area contributed by atoms with Gasteiger partial charge in [0.1, 0.15) is 5.65 Å². The number of fused-ring (bicyclic) bond motifs is 1. The Bertz CT molecular complexity index is 712. The molecule has 0 amide bonds. The van der Waals surface area contributed by atoms with E-state index in [1.54, 1.807) is 19.3 Å². The highest BCUT2D eigenvalue weighted by atomic mass is 16.2. The van der Waals surface area contributed by atoms with Crippen molar-refractivity contribution in [2.45, 2.75) is 25.4 Å². The van der Waals surface area contributed by atoms with E-state index in [0.717, 1.165) is 5.56 Å². The van der Waals surface area contributed by atoms with Crippen molar-refractivity contribution in [3.8, 4) is 0 Å². The first-order valence-electron chi connectivity index (χ1n) is 5.96. The van der Waals surface area contributed by atoms with Gasteiger partial charge in [-0.15, -0.1) is 0 Å². The predicted octanol–water partition coefficient (Wildman–Crippen LogP) is -0.126. The second-order valence-electron chi connectivity index (χ2n) is 4.69. The summed E-state index contributed by atoms with van der Waals surface area (Å²) in [6.07, 6.45) is 4.14. The molecule has 1 fully saturated rings. The molecular weight excluding hydrogens is 232 g/mol. The average Bonchev–Trinajstić information content (AvgIpc) is 3.17. The summed E-state index contributed by atoms with van der Waals surface area (Å²) in [4.78, 5) is 29.6. The Hall–Kier alpha value is -1.95. The van der Waals surface area contributed by atoms with Gasteiger partial charge in [-0.2, -0.15) is 0 Å². The molecule has 6 heteroatoms. The number of nitrogens with one attached hydrogen (secondary N) is 2. The third-order valence-corrected chi connectivity index (χ3v) is 3.18. The highest BCUT2D eigenvalue weighted by Crippen LogP contribution is 2.19. The molecule has 2 aromatic heterocycles. The average molecular weight is 246 g/mol. The van der Waals surface area contributed by atoms with E-state index in [1.165, 1.54) is 17.4 Å². The SMILES string of the molecule is Cn1c(=O)[nH]c(=O)c2cc(CNC3CC3)cnc21. The molecule has 1 aliphatic carbocycles. The van der Waals surface area contributed by atoms with Crippen molar-refractivity contribution in [3.63, 3.8) is 0 Å². The molecule has 0 radical (unpaired) electrons. The normalized spacial score (nSPS) is 15.2. The lowest BCUT2D eigenvalue weighted by atomic mass is 10.2. The zero-order valence-corrected chi connectivity index (χ0v) is 10.1. The fourth-order valence-electron chi connectivity index (χ4n) is 1.93. The van der Waals surface area contributed by atoms with E-state index >= 15 is 0 Å². The van der Waals surface area contributed by atoms with Crippen molar-refractivity contribution < 1.29 is 0 Å². The van der Waals surface area contributed by atoms with E-state index in [-0.39, 0.29) is 5.56 Å². The second-order valence-corrected chi connectivity index (χ2v) is 4.69. The maximum Gasteiger partial charge on any atom is 0.329 e. The van der Waals surface area contributed by atoms with Gasteiger partial charge in [-0.25, -0.2) is 9.78 Å². The summed E-state index contributed by atoms with van der Waals surface area (Å²) in [5, 5.41) is 3.81. The standard InChI is InChI=1S/C12H14N4O2/c1-16-10-9(11(17)15-12(16)18)4-7(6-14-10)5-13-8-2-3-8/h4,6,8,13H,2-3,5H2,1H3,(H,15,17,18).